The second kappa shape index (κ2) is 9.77. The summed E-state index contributed by atoms with van der Waals surface area (Å²) in [6.45, 7) is 6.17. The van der Waals surface area contributed by atoms with E-state index >= 15 is 0 Å². The number of hydrogen-bond acceptors (Lipinski definition) is 5. The minimum Gasteiger partial charge on any atom is -0.322 e. The van der Waals surface area contributed by atoms with Crippen molar-refractivity contribution in [2.75, 3.05) is 31.5 Å². The van der Waals surface area contributed by atoms with Gasteiger partial charge in [-0.05, 0) is 79.6 Å². The average Bonchev–Trinajstić information content (AvgIpc) is 3.35. The summed E-state index contributed by atoms with van der Waals surface area (Å²) >= 11 is 0. The van der Waals surface area contributed by atoms with Crippen LogP contribution in [-0.4, -0.2) is 57.5 Å². The molecule has 2 fully saturated rings. The molecule has 2 aliphatic heterocycles. The number of carbonyl (C=O) groups excluding carboxylic acids is 1. The largest absolute Gasteiger partial charge is 0.322 e. The first-order chi connectivity index (χ1) is 16.1. The highest BCUT2D eigenvalue weighted by molar-refractivity contribution is 7.89. The van der Waals surface area contributed by atoms with Gasteiger partial charge in [-0.15, -0.1) is 0 Å². The molecule has 0 bridgehead atoms. The van der Waals surface area contributed by atoms with Crippen molar-refractivity contribution in [2.24, 2.45) is 11.8 Å². The Balaban J connectivity index is 1.43. The second-order valence-electron chi connectivity index (χ2n) is 9.38. The predicted molar refractivity (Wildman–Crippen MR) is 131 cm³/mol. The molecule has 0 aromatic heterocycles. The van der Waals surface area contributed by atoms with Gasteiger partial charge < -0.3 is 5.32 Å². The molecular weight excluding hydrogens is 474 g/mol. The lowest BCUT2D eigenvalue weighted by Crippen LogP contribution is -2.42. The monoisotopic (exact) mass is 505 g/mol. The zero-order valence-electron chi connectivity index (χ0n) is 19.5. The van der Waals surface area contributed by atoms with E-state index in [0.29, 0.717) is 49.3 Å². The zero-order chi connectivity index (χ0) is 24.5. The van der Waals surface area contributed by atoms with Gasteiger partial charge in [0, 0.05) is 37.4 Å². The fourth-order valence-electron chi connectivity index (χ4n) is 4.72. The molecule has 2 unspecified atom stereocenters. The van der Waals surface area contributed by atoms with Crippen LogP contribution in [0.1, 0.15) is 43.5 Å². The van der Waals surface area contributed by atoms with Crippen LogP contribution in [0.25, 0.3) is 0 Å². The third-order valence-corrected chi connectivity index (χ3v) is 10.2. The summed E-state index contributed by atoms with van der Waals surface area (Å²) in [7, 11) is -7.13. The molecular formula is C24H31N3O5S2. The van der Waals surface area contributed by atoms with Gasteiger partial charge in [0.05, 0.1) is 9.79 Å². The van der Waals surface area contributed by atoms with E-state index in [1.54, 1.807) is 12.1 Å². The lowest BCUT2D eigenvalue weighted by atomic mass is 9.94. The minimum absolute atomic E-state index is 0.168. The quantitative estimate of drug-likeness (QED) is 0.648. The molecule has 1 N–H and O–H groups in total. The minimum atomic E-state index is -3.61. The van der Waals surface area contributed by atoms with Gasteiger partial charge in [0.25, 0.3) is 5.91 Å². The summed E-state index contributed by atoms with van der Waals surface area (Å²) in [5.41, 5.74) is 0.770. The van der Waals surface area contributed by atoms with E-state index < -0.39 is 26.0 Å². The Morgan fingerprint density at radius 1 is 0.765 bits per heavy atom. The van der Waals surface area contributed by atoms with Crippen molar-refractivity contribution in [3.8, 4) is 0 Å². The molecule has 2 aliphatic rings. The fraction of sp³-hybridized carbons (Fsp3) is 0.458. The Hall–Kier alpha value is -2.27. The molecule has 8 nitrogen and oxygen atoms in total. The highest BCUT2D eigenvalue weighted by Crippen LogP contribution is 2.27. The van der Waals surface area contributed by atoms with E-state index in [2.05, 4.69) is 19.2 Å². The third-order valence-electron chi connectivity index (χ3n) is 6.40. The molecule has 2 saturated heterocycles. The van der Waals surface area contributed by atoms with Crippen LogP contribution < -0.4 is 5.32 Å². The summed E-state index contributed by atoms with van der Waals surface area (Å²) in [5, 5.41) is 2.73. The molecule has 0 saturated carbocycles. The lowest BCUT2D eigenvalue weighted by Gasteiger charge is -2.34. The van der Waals surface area contributed by atoms with Crippen molar-refractivity contribution in [3.63, 3.8) is 0 Å². The van der Waals surface area contributed by atoms with Gasteiger partial charge in [0.2, 0.25) is 20.0 Å². The van der Waals surface area contributed by atoms with E-state index in [4.69, 9.17) is 0 Å². The number of nitrogens with one attached hydrogen (secondary N) is 1. The molecule has 2 aromatic carbocycles. The van der Waals surface area contributed by atoms with Crippen LogP contribution in [0.3, 0.4) is 0 Å². The van der Waals surface area contributed by atoms with E-state index in [0.717, 1.165) is 19.3 Å². The van der Waals surface area contributed by atoms with Crippen molar-refractivity contribution < 1.29 is 21.6 Å². The molecule has 34 heavy (non-hydrogen) atoms. The smallest absolute Gasteiger partial charge is 0.255 e. The standard InChI is InChI=1S/C24H31N3O5S2/c1-18-15-19(2)17-27(16-18)34(31,32)22-9-5-20(6-10-22)24(28)25-21-7-11-23(12-8-21)33(29,30)26-13-3-4-14-26/h5-12,18-19H,3-4,13-17H2,1-2H3,(H,25,28). The highest BCUT2D eigenvalue weighted by atomic mass is 32.2. The molecule has 2 aromatic rings. The van der Waals surface area contributed by atoms with Gasteiger partial charge >= 0.3 is 0 Å². The van der Waals surface area contributed by atoms with E-state index in [1.165, 1.54) is 45.0 Å². The highest BCUT2D eigenvalue weighted by Gasteiger charge is 2.32. The van der Waals surface area contributed by atoms with Gasteiger partial charge in [-0.25, -0.2) is 16.8 Å². The summed E-state index contributed by atoms with van der Waals surface area (Å²) in [4.78, 5) is 13.0. The molecule has 0 spiro atoms. The van der Waals surface area contributed by atoms with E-state index in [-0.39, 0.29) is 9.79 Å². The van der Waals surface area contributed by atoms with Crippen LogP contribution >= 0.6 is 0 Å². The Kier molecular flexibility index (Phi) is 7.14. The maximum absolute atomic E-state index is 13.0. The molecule has 1 amide bonds. The van der Waals surface area contributed by atoms with Crippen molar-refractivity contribution in [3.05, 3.63) is 54.1 Å². The number of piperidine rings is 1. The summed E-state index contributed by atoms with van der Waals surface area (Å²) in [5.74, 6) is 0.208. The van der Waals surface area contributed by atoms with Crippen LogP contribution in [0, 0.1) is 11.8 Å². The number of sulfonamides is 2. The number of hydrogen-bond donors (Lipinski definition) is 1. The van der Waals surface area contributed by atoms with Gasteiger partial charge in [-0.2, -0.15) is 8.61 Å². The maximum atomic E-state index is 13.0. The number of anilines is 1. The van der Waals surface area contributed by atoms with Crippen molar-refractivity contribution in [2.45, 2.75) is 42.9 Å². The fourth-order valence-corrected chi connectivity index (χ4v) is 7.92. The Labute approximate surface area is 202 Å². The molecule has 2 heterocycles. The average molecular weight is 506 g/mol. The predicted octanol–water partition coefficient (Wildman–Crippen LogP) is 3.39. The molecule has 4 rings (SSSR count). The summed E-state index contributed by atoms with van der Waals surface area (Å²) < 4.78 is 54.3. The van der Waals surface area contributed by atoms with Gasteiger partial charge in [-0.1, -0.05) is 13.8 Å². The Morgan fingerprint density at radius 3 is 1.76 bits per heavy atom. The van der Waals surface area contributed by atoms with Crippen LogP contribution in [0.5, 0.6) is 0 Å². The SMILES string of the molecule is CC1CC(C)CN(S(=O)(=O)c2ccc(C(=O)Nc3ccc(S(=O)(=O)N4CCCC4)cc3)cc2)C1. The van der Waals surface area contributed by atoms with Gasteiger partial charge in [-0.3, -0.25) is 4.79 Å². The van der Waals surface area contributed by atoms with Crippen molar-refractivity contribution in [1.82, 2.24) is 8.61 Å². The molecule has 2 atom stereocenters. The third kappa shape index (κ3) is 5.19. The first-order valence-corrected chi connectivity index (χ1v) is 14.5. The van der Waals surface area contributed by atoms with Gasteiger partial charge in [0.1, 0.15) is 0 Å². The topological polar surface area (TPSA) is 104 Å². The van der Waals surface area contributed by atoms with E-state index in [9.17, 15) is 21.6 Å². The maximum Gasteiger partial charge on any atom is 0.255 e. The Bertz CT molecular complexity index is 1230. The molecule has 184 valence electrons. The van der Waals surface area contributed by atoms with Crippen molar-refractivity contribution in [1.29, 1.82) is 0 Å². The van der Waals surface area contributed by atoms with Crippen LogP contribution in [-0.2, 0) is 20.0 Å². The Morgan fingerprint density at radius 2 is 1.24 bits per heavy atom. The van der Waals surface area contributed by atoms with Crippen LogP contribution in [0.15, 0.2) is 58.3 Å². The van der Waals surface area contributed by atoms with E-state index in [1.807, 2.05) is 0 Å². The molecule has 0 radical (unpaired) electrons. The first-order valence-electron chi connectivity index (χ1n) is 11.6. The lowest BCUT2D eigenvalue weighted by molar-refractivity contribution is 0.102. The van der Waals surface area contributed by atoms with Crippen molar-refractivity contribution >= 4 is 31.6 Å². The number of rotatable bonds is 6. The number of carbonyl (C=O) groups is 1. The summed E-state index contributed by atoms with van der Waals surface area (Å²) in [6, 6.07) is 12.0. The summed E-state index contributed by atoms with van der Waals surface area (Å²) in [6.07, 6.45) is 2.74. The zero-order valence-corrected chi connectivity index (χ0v) is 21.1. The molecule has 10 heteroatoms. The molecule has 0 aliphatic carbocycles. The first kappa shape index (κ1) is 24.8. The van der Waals surface area contributed by atoms with Crippen LogP contribution in [0.2, 0.25) is 0 Å². The second-order valence-corrected chi connectivity index (χ2v) is 13.3. The number of nitrogens with zero attached hydrogens (tertiary/aromatic N) is 2. The number of benzene rings is 2. The normalized spacial score (nSPS) is 22.5. The van der Waals surface area contributed by atoms with Crippen LogP contribution in [0.4, 0.5) is 5.69 Å². The van der Waals surface area contributed by atoms with Gasteiger partial charge in [0.15, 0.2) is 0 Å². The number of amides is 1.